The van der Waals surface area contributed by atoms with Crippen LogP contribution >= 0.6 is 11.3 Å². The Balaban J connectivity index is 0.977. The summed E-state index contributed by atoms with van der Waals surface area (Å²) in [6.45, 7) is 7.37. The Morgan fingerprint density at radius 2 is 1.94 bits per heavy atom. The number of thiophene rings is 1. The molecule has 0 spiro atoms. The molecule has 1 atom stereocenters. The van der Waals surface area contributed by atoms with Crippen LogP contribution in [0.1, 0.15) is 67.1 Å². The molecule has 1 amide bonds. The summed E-state index contributed by atoms with van der Waals surface area (Å²) in [5.74, 6) is 0.525. The summed E-state index contributed by atoms with van der Waals surface area (Å²) in [7, 11) is 0. The second kappa shape index (κ2) is 11.8. The maximum atomic E-state index is 12.9. The summed E-state index contributed by atoms with van der Waals surface area (Å²) in [5, 5.41) is 18.4. The summed E-state index contributed by atoms with van der Waals surface area (Å²) >= 11 is 1.06. The molecule has 1 aromatic carbocycles. The van der Waals surface area contributed by atoms with Gasteiger partial charge < -0.3 is 20.9 Å². The quantitative estimate of drug-likeness (QED) is 0.196. The highest BCUT2D eigenvalue weighted by Crippen LogP contribution is 2.68. The molecule has 0 unspecified atom stereocenters. The molecule has 4 heterocycles. The number of halogens is 3. The normalized spacial score (nSPS) is 23.7. The van der Waals surface area contributed by atoms with E-state index in [1.807, 2.05) is 13.0 Å². The van der Waals surface area contributed by atoms with E-state index in [2.05, 4.69) is 55.2 Å². The second-order valence-corrected chi connectivity index (χ2v) is 15.1. The van der Waals surface area contributed by atoms with Crippen molar-refractivity contribution < 1.29 is 18.0 Å². The number of benzene rings is 1. The maximum Gasteiger partial charge on any atom is 0.393 e. The Morgan fingerprint density at radius 3 is 2.62 bits per heavy atom. The Hall–Kier alpha value is -3.73. The van der Waals surface area contributed by atoms with E-state index in [0.29, 0.717) is 28.1 Å². The van der Waals surface area contributed by atoms with Crippen molar-refractivity contribution in [3.05, 3.63) is 52.3 Å². The van der Waals surface area contributed by atoms with Crippen LogP contribution in [-0.2, 0) is 24.3 Å². The van der Waals surface area contributed by atoms with Crippen molar-refractivity contribution in [2.45, 2.75) is 95.7 Å². The van der Waals surface area contributed by atoms with Crippen molar-refractivity contribution in [1.29, 1.82) is 5.26 Å². The Labute approximate surface area is 275 Å². The van der Waals surface area contributed by atoms with E-state index in [4.69, 9.17) is 5.73 Å². The van der Waals surface area contributed by atoms with Crippen molar-refractivity contribution >= 4 is 44.2 Å². The molecule has 0 radical (unpaired) electrons. The standard InChI is InChI=1S/C34H39F3N8OS/c1-3-27(39)30(46)43-33-15-32(16-33,17-33)18-45-23(13-38)10-25-20(2)21(4-5-28(25)45)14-44-8-6-22(7-9-44)42-29-26-11-24(12-34(35,36)37)47-31(26)41-19-40-29/h4-5,10-11,19,22,27H,3,6-9,12,14-18,39H2,1-2H3,(H,43,46)(H,40,41,42)/t27-,32?,33?/m1/s1. The molecular formula is C34H39F3N8OS. The molecule has 4 aromatic rings. The molecule has 4 aliphatic rings. The summed E-state index contributed by atoms with van der Waals surface area (Å²) in [5.41, 5.74) is 10.1. The lowest BCUT2D eigenvalue weighted by molar-refractivity contribution is -0.172. The first-order chi connectivity index (χ1) is 22.4. The van der Waals surface area contributed by atoms with E-state index in [1.165, 1.54) is 17.5 Å². The van der Waals surface area contributed by atoms with E-state index in [0.717, 1.165) is 80.5 Å². The van der Waals surface area contributed by atoms with Crippen LogP contribution in [0.5, 0.6) is 0 Å². The fourth-order valence-electron chi connectivity index (χ4n) is 8.10. The van der Waals surface area contributed by atoms with Gasteiger partial charge in [0.05, 0.1) is 17.8 Å². The van der Waals surface area contributed by atoms with E-state index < -0.39 is 18.6 Å². The van der Waals surface area contributed by atoms with Gasteiger partial charge in [0.25, 0.3) is 0 Å². The number of carbonyl (C=O) groups excluding carboxylic acids is 1. The smallest absolute Gasteiger partial charge is 0.367 e. The first-order valence-corrected chi connectivity index (χ1v) is 17.1. The van der Waals surface area contributed by atoms with E-state index in [-0.39, 0.29) is 27.8 Å². The maximum absolute atomic E-state index is 12.9. The average Bonchev–Trinajstić information content (AvgIpc) is 3.57. The molecular weight excluding hydrogens is 625 g/mol. The molecule has 2 bridgehead atoms. The lowest BCUT2D eigenvalue weighted by atomic mass is 9.39. The second-order valence-electron chi connectivity index (χ2n) is 14.0. The number of likely N-dealkylation sites (tertiary alicyclic amines) is 1. The van der Waals surface area contributed by atoms with E-state index >= 15 is 0 Å². The molecule has 4 fully saturated rings. The zero-order valence-corrected chi connectivity index (χ0v) is 27.4. The zero-order valence-electron chi connectivity index (χ0n) is 26.6. The number of piperidine rings is 1. The molecule has 8 rings (SSSR count). The number of anilines is 1. The largest absolute Gasteiger partial charge is 0.393 e. The van der Waals surface area contributed by atoms with Gasteiger partial charge in [-0.05, 0) is 80.2 Å². The van der Waals surface area contributed by atoms with Gasteiger partial charge in [0, 0.05) is 53.5 Å². The monoisotopic (exact) mass is 664 g/mol. The SMILES string of the molecule is CC[C@@H](N)C(=O)NC12CC(Cn3c(C#N)cc4c(C)c(CN5CCC(Nc6ncnc7sc(CC(F)(F)F)cc67)CC5)ccc43)(C1)C2. The minimum absolute atomic E-state index is 0.0690. The predicted molar refractivity (Wildman–Crippen MR) is 176 cm³/mol. The van der Waals surface area contributed by atoms with Crippen molar-refractivity contribution in [1.82, 2.24) is 24.8 Å². The summed E-state index contributed by atoms with van der Waals surface area (Å²) in [4.78, 5) is 24.1. The summed E-state index contributed by atoms with van der Waals surface area (Å²) < 4.78 is 41.0. The molecule has 9 nitrogen and oxygen atoms in total. The molecule has 248 valence electrons. The first kappa shape index (κ1) is 31.8. The molecule has 1 aliphatic heterocycles. The molecule has 3 aliphatic carbocycles. The summed E-state index contributed by atoms with van der Waals surface area (Å²) in [6, 6.07) is 10.0. The number of nitrogens with two attached hydrogens (primary N) is 1. The number of fused-ring (bicyclic) bond motifs is 2. The lowest BCUT2D eigenvalue weighted by Crippen LogP contribution is -2.76. The third-order valence-corrected chi connectivity index (χ3v) is 11.5. The van der Waals surface area contributed by atoms with Gasteiger partial charge in [0.2, 0.25) is 5.91 Å². The number of aromatic nitrogens is 3. The number of alkyl halides is 3. The van der Waals surface area contributed by atoms with Crippen molar-refractivity contribution in [3.63, 3.8) is 0 Å². The predicted octanol–water partition coefficient (Wildman–Crippen LogP) is 5.78. The number of carbonyl (C=O) groups is 1. The van der Waals surface area contributed by atoms with Gasteiger partial charge in [-0.1, -0.05) is 13.0 Å². The number of hydrogen-bond donors (Lipinski definition) is 3. The average molecular weight is 665 g/mol. The Bertz CT molecular complexity index is 1860. The molecule has 3 aromatic heterocycles. The summed E-state index contributed by atoms with van der Waals surface area (Å²) in [6.07, 6.45) is 1.34. The molecule has 13 heteroatoms. The molecule has 47 heavy (non-hydrogen) atoms. The van der Waals surface area contributed by atoms with Crippen LogP contribution in [-0.4, -0.2) is 62.2 Å². The minimum atomic E-state index is -4.26. The van der Waals surface area contributed by atoms with Crippen molar-refractivity contribution in [2.24, 2.45) is 11.1 Å². The lowest BCUT2D eigenvalue weighted by Gasteiger charge is -2.71. The topological polar surface area (TPSA) is 125 Å². The number of rotatable bonds is 10. The fourth-order valence-corrected chi connectivity index (χ4v) is 9.13. The van der Waals surface area contributed by atoms with E-state index in [1.54, 1.807) is 6.07 Å². The highest BCUT2D eigenvalue weighted by atomic mass is 32.1. The number of hydrogen-bond acceptors (Lipinski definition) is 8. The van der Waals surface area contributed by atoms with Crippen LogP contribution in [0.25, 0.3) is 21.1 Å². The van der Waals surface area contributed by atoms with Crippen LogP contribution in [0.4, 0.5) is 19.0 Å². The molecule has 1 saturated heterocycles. The van der Waals surface area contributed by atoms with Crippen LogP contribution in [0.3, 0.4) is 0 Å². The van der Waals surface area contributed by atoms with Crippen LogP contribution in [0.2, 0.25) is 0 Å². The van der Waals surface area contributed by atoms with Gasteiger partial charge in [-0.25, -0.2) is 9.97 Å². The van der Waals surface area contributed by atoms with Gasteiger partial charge in [0.1, 0.15) is 28.7 Å². The van der Waals surface area contributed by atoms with E-state index in [9.17, 15) is 23.2 Å². The zero-order chi connectivity index (χ0) is 33.1. The Kier molecular flexibility index (Phi) is 7.96. The van der Waals surface area contributed by atoms with Gasteiger partial charge in [-0.2, -0.15) is 18.4 Å². The third-order valence-electron chi connectivity index (χ3n) is 10.5. The number of aryl methyl sites for hydroxylation is 1. The van der Waals surface area contributed by atoms with Crippen LogP contribution in [0, 0.1) is 23.7 Å². The van der Waals surface area contributed by atoms with Crippen molar-refractivity contribution in [2.75, 3.05) is 18.4 Å². The molecule has 3 saturated carbocycles. The van der Waals surface area contributed by atoms with Crippen LogP contribution < -0.4 is 16.4 Å². The number of nitrogens with zero attached hydrogens (tertiary/aromatic N) is 5. The van der Waals surface area contributed by atoms with Gasteiger partial charge in [-0.3, -0.25) is 9.69 Å². The highest BCUT2D eigenvalue weighted by molar-refractivity contribution is 7.18. The third kappa shape index (κ3) is 6.07. The number of nitriles is 1. The first-order valence-electron chi connectivity index (χ1n) is 16.3. The Morgan fingerprint density at radius 1 is 1.19 bits per heavy atom. The van der Waals surface area contributed by atoms with Gasteiger partial charge >= 0.3 is 6.18 Å². The molecule has 4 N–H and O–H groups in total. The van der Waals surface area contributed by atoms with Gasteiger partial charge in [0.15, 0.2) is 0 Å². The highest BCUT2D eigenvalue weighted by Gasteiger charge is 2.68. The van der Waals surface area contributed by atoms with Crippen LogP contribution in [0.15, 0.2) is 30.6 Å². The number of nitrogens with one attached hydrogen (secondary N) is 2. The fraction of sp³-hybridized carbons (Fsp3) is 0.529. The number of amides is 1. The minimum Gasteiger partial charge on any atom is -0.367 e. The van der Waals surface area contributed by atoms with Gasteiger partial charge in [-0.15, -0.1) is 11.3 Å². The van der Waals surface area contributed by atoms with Crippen molar-refractivity contribution in [3.8, 4) is 6.07 Å².